The minimum atomic E-state index is -0.0764. The smallest absolute Gasteiger partial charge is 0.254 e. The van der Waals surface area contributed by atoms with Crippen molar-refractivity contribution in [1.82, 2.24) is 14.9 Å². The highest BCUT2D eigenvalue weighted by Crippen LogP contribution is 2.40. The molecular weight excluding hydrogens is 388 g/mol. The van der Waals surface area contributed by atoms with Gasteiger partial charge in [0.2, 0.25) is 0 Å². The second-order valence-corrected chi connectivity index (χ2v) is 8.66. The highest BCUT2D eigenvalue weighted by atomic mass is 16.5. The third kappa shape index (κ3) is 3.76. The fourth-order valence-electron chi connectivity index (χ4n) is 4.49. The van der Waals surface area contributed by atoms with Gasteiger partial charge in [0.25, 0.3) is 5.91 Å². The number of carbonyl (C=O) groups is 1. The second-order valence-electron chi connectivity index (χ2n) is 8.66. The molecule has 5 rings (SSSR count). The van der Waals surface area contributed by atoms with Gasteiger partial charge >= 0.3 is 0 Å². The zero-order valence-electron chi connectivity index (χ0n) is 18.1. The molecule has 0 unspecified atom stereocenters. The maximum absolute atomic E-state index is 13.4. The molecule has 1 aliphatic carbocycles. The van der Waals surface area contributed by atoms with Crippen molar-refractivity contribution in [2.24, 2.45) is 0 Å². The Morgan fingerprint density at radius 1 is 1.26 bits per heavy atom. The Morgan fingerprint density at radius 3 is 2.81 bits per heavy atom. The first-order valence-corrected chi connectivity index (χ1v) is 11.1. The summed E-state index contributed by atoms with van der Waals surface area (Å²) >= 11 is 0. The highest BCUT2D eigenvalue weighted by molar-refractivity contribution is 5.99. The Balaban J connectivity index is 1.44. The molecule has 1 aliphatic heterocycles. The van der Waals surface area contributed by atoms with Crippen molar-refractivity contribution in [1.29, 1.82) is 0 Å². The van der Waals surface area contributed by atoms with Crippen LogP contribution in [0, 0.1) is 0 Å². The molecule has 1 fully saturated rings. The van der Waals surface area contributed by atoms with Crippen LogP contribution in [-0.4, -0.2) is 27.3 Å². The molecule has 31 heavy (non-hydrogen) atoms. The molecule has 3 aromatic rings. The molecule has 1 aromatic carbocycles. The number of nitrogens with zero attached hydrogens (tertiary/aromatic N) is 3. The van der Waals surface area contributed by atoms with Crippen LogP contribution in [0.25, 0.3) is 10.9 Å². The number of hydrogen-bond acceptors (Lipinski definition) is 5. The van der Waals surface area contributed by atoms with E-state index in [-0.39, 0.29) is 12.0 Å². The van der Waals surface area contributed by atoms with Crippen molar-refractivity contribution in [2.75, 3.05) is 12.3 Å². The van der Waals surface area contributed by atoms with Crippen LogP contribution in [0.4, 0.5) is 5.82 Å². The maximum Gasteiger partial charge on any atom is 0.254 e. The van der Waals surface area contributed by atoms with Crippen LogP contribution in [0.5, 0.6) is 0 Å². The molecule has 0 saturated heterocycles. The molecule has 2 aromatic heterocycles. The van der Waals surface area contributed by atoms with E-state index in [1.807, 2.05) is 36.2 Å². The van der Waals surface area contributed by atoms with Crippen molar-refractivity contribution >= 4 is 22.6 Å². The number of ether oxygens (including phenoxy) is 1. The molecule has 2 N–H and O–H groups in total. The zero-order valence-corrected chi connectivity index (χ0v) is 18.1. The van der Waals surface area contributed by atoms with Crippen molar-refractivity contribution in [2.45, 2.75) is 58.3 Å². The lowest BCUT2D eigenvalue weighted by Crippen LogP contribution is -2.31. The number of hydrogen-bond donors (Lipinski definition) is 1. The lowest BCUT2D eigenvalue weighted by Gasteiger charge is -2.22. The first-order valence-electron chi connectivity index (χ1n) is 11.1. The topological polar surface area (TPSA) is 81.3 Å². The van der Waals surface area contributed by atoms with E-state index in [0.717, 1.165) is 34.1 Å². The molecule has 0 radical (unpaired) electrons. The van der Waals surface area contributed by atoms with Gasteiger partial charge in [-0.15, -0.1) is 0 Å². The molecule has 1 amide bonds. The van der Waals surface area contributed by atoms with Crippen LogP contribution < -0.4 is 5.73 Å². The molecule has 160 valence electrons. The van der Waals surface area contributed by atoms with E-state index < -0.39 is 0 Å². The summed E-state index contributed by atoms with van der Waals surface area (Å²) in [5, 5.41) is 0.947. The largest absolute Gasteiger partial charge is 0.383 e. The summed E-state index contributed by atoms with van der Waals surface area (Å²) < 4.78 is 5.78. The van der Waals surface area contributed by atoms with Gasteiger partial charge in [-0.25, -0.2) is 4.98 Å². The van der Waals surface area contributed by atoms with Gasteiger partial charge < -0.3 is 15.4 Å². The molecule has 6 heteroatoms. The van der Waals surface area contributed by atoms with Crippen LogP contribution in [-0.2, 0) is 17.9 Å². The number of nitrogen functional groups attached to an aromatic ring is 1. The number of amides is 1. The Morgan fingerprint density at radius 2 is 2.10 bits per heavy atom. The molecule has 0 spiro atoms. The van der Waals surface area contributed by atoms with Gasteiger partial charge in [0, 0.05) is 29.3 Å². The molecule has 1 atom stereocenters. The monoisotopic (exact) mass is 416 g/mol. The third-order valence-corrected chi connectivity index (χ3v) is 6.32. The number of benzene rings is 1. The van der Waals surface area contributed by atoms with Gasteiger partial charge in [-0.2, -0.15) is 0 Å². The van der Waals surface area contributed by atoms with Crippen LogP contribution >= 0.6 is 0 Å². The van der Waals surface area contributed by atoms with Gasteiger partial charge in [-0.1, -0.05) is 13.0 Å². The molecule has 1 saturated carbocycles. The number of pyridine rings is 2. The fourth-order valence-corrected chi connectivity index (χ4v) is 4.49. The number of carbonyl (C=O) groups excluding carboxylic acids is 1. The second kappa shape index (κ2) is 7.93. The van der Waals surface area contributed by atoms with Crippen molar-refractivity contribution in [3.05, 3.63) is 64.5 Å². The molecular formula is C25H28N4O2. The lowest BCUT2D eigenvalue weighted by molar-refractivity contribution is 0.0741. The highest BCUT2D eigenvalue weighted by Gasteiger charge is 2.27. The Labute approximate surface area is 182 Å². The average molecular weight is 417 g/mol. The van der Waals surface area contributed by atoms with Gasteiger partial charge in [0.15, 0.2) is 0 Å². The number of anilines is 1. The zero-order chi connectivity index (χ0) is 21.5. The minimum absolute atomic E-state index is 0.00867. The van der Waals surface area contributed by atoms with E-state index in [9.17, 15) is 4.79 Å². The summed E-state index contributed by atoms with van der Waals surface area (Å²) in [4.78, 5) is 24.5. The number of rotatable bonds is 6. The van der Waals surface area contributed by atoms with E-state index >= 15 is 0 Å². The Kier molecular flexibility index (Phi) is 5.10. The molecule has 0 bridgehead atoms. The van der Waals surface area contributed by atoms with E-state index in [4.69, 9.17) is 10.5 Å². The van der Waals surface area contributed by atoms with E-state index in [1.54, 1.807) is 0 Å². The van der Waals surface area contributed by atoms with Crippen LogP contribution in [0.1, 0.15) is 77.9 Å². The molecule has 6 nitrogen and oxygen atoms in total. The number of fused-ring (bicyclic) bond motifs is 3. The van der Waals surface area contributed by atoms with Crippen LogP contribution in [0.2, 0.25) is 0 Å². The standard InChI is InChI=1S/C25H28N4O2/c1-3-10-29(13-19-8-6-18(12-27-19)16-4-5-16)25(30)17-7-9-22-20(11-17)21-14-31-15(2)23(21)24(26)28-22/h6-9,11-12,15-16H,3-5,10,13-14H2,1-2H3,(H2,26,28)/t15-/m1/s1. The SMILES string of the molecule is CCCN(Cc1ccc(C2CC2)cn1)C(=O)c1ccc2nc(N)c3c(c2c1)CO[C@@H]3C. The van der Waals surface area contributed by atoms with E-state index in [1.165, 1.54) is 18.4 Å². The number of nitrogens with two attached hydrogens (primary N) is 1. The van der Waals surface area contributed by atoms with E-state index in [0.29, 0.717) is 37.0 Å². The predicted molar refractivity (Wildman–Crippen MR) is 121 cm³/mol. The van der Waals surface area contributed by atoms with Crippen LogP contribution in [0.3, 0.4) is 0 Å². The fraction of sp³-hybridized carbons (Fsp3) is 0.400. The molecule has 2 aliphatic rings. The summed E-state index contributed by atoms with van der Waals surface area (Å²) in [5.74, 6) is 1.21. The first-order chi connectivity index (χ1) is 15.0. The van der Waals surface area contributed by atoms with Gasteiger partial charge in [0.05, 0.1) is 30.5 Å². The normalized spacial score (nSPS) is 17.7. The maximum atomic E-state index is 13.4. The van der Waals surface area contributed by atoms with Crippen molar-refractivity contribution < 1.29 is 9.53 Å². The van der Waals surface area contributed by atoms with Gasteiger partial charge in [0.1, 0.15) is 5.82 Å². The van der Waals surface area contributed by atoms with Crippen molar-refractivity contribution in [3.8, 4) is 0 Å². The summed E-state index contributed by atoms with van der Waals surface area (Å²) in [6, 6.07) is 9.88. The number of aromatic nitrogens is 2. The van der Waals surface area contributed by atoms with Crippen molar-refractivity contribution in [3.63, 3.8) is 0 Å². The summed E-state index contributed by atoms with van der Waals surface area (Å²) in [6.07, 6.45) is 5.30. The lowest BCUT2D eigenvalue weighted by atomic mass is 10.00. The van der Waals surface area contributed by atoms with E-state index in [2.05, 4.69) is 29.0 Å². The molecule has 3 heterocycles. The quantitative estimate of drug-likeness (QED) is 0.628. The Bertz CT molecular complexity index is 1140. The average Bonchev–Trinajstić information content (AvgIpc) is 3.55. The predicted octanol–water partition coefficient (Wildman–Crippen LogP) is 4.73. The van der Waals surface area contributed by atoms with Crippen LogP contribution in [0.15, 0.2) is 36.5 Å². The van der Waals surface area contributed by atoms with Gasteiger partial charge in [-0.3, -0.25) is 9.78 Å². The summed E-state index contributed by atoms with van der Waals surface area (Å²) in [5.41, 5.74) is 11.8. The Hall–Kier alpha value is -2.99. The first kappa shape index (κ1) is 19.9. The summed E-state index contributed by atoms with van der Waals surface area (Å²) in [6.45, 7) is 5.75. The third-order valence-electron chi connectivity index (χ3n) is 6.32. The summed E-state index contributed by atoms with van der Waals surface area (Å²) in [7, 11) is 0. The minimum Gasteiger partial charge on any atom is -0.383 e. The van der Waals surface area contributed by atoms with Gasteiger partial charge in [-0.05, 0) is 67.5 Å².